The zero-order chi connectivity index (χ0) is 12.9. The number of rotatable bonds is 4. The van der Waals surface area contributed by atoms with E-state index in [9.17, 15) is 0 Å². The van der Waals surface area contributed by atoms with Crippen LogP contribution in [-0.4, -0.2) is 16.8 Å². The number of hydrogen-bond donors (Lipinski definition) is 1. The minimum absolute atomic E-state index is 0.370. The molecule has 0 aromatic carbocycles. The maximum absolute atomic E-state index is 6.65. The lowest BCUT2D eigenvalue weighted by molar-refractivity contribution is -0.0629. The molecule has 19 heavy (non-hydrogen) atoms. The van der Waals surface area contributed by atoms with Gasteiger partial charge in [-0.2, -0.15) is 0 Å². The van der Waals surface area contributed by atoms with Crippen molar-refractivity contribution in [2.24, 2.45) is 28.9 Å². The van der Waals surface area contributed by atoms with E-state index in [1.807, 2.05) is 18.0 Å². The Bertz CT molecular complexity index is 408. The lowest BCUT2D eigenvalue weighted by Gasteiger charge is -2.59. The molecule has 4 saturated carbocycles. The molecule has 4 heteroatoms. The van der Waals surface area contributed by atoms with Crippen LogP contribution in [0.2, 0.25) is 0 Å². The predicted octanol–water partition coefficient (Wildman–Crippen LogP) is 3.78. The maximum Gasteiger partial charge on any atom is 0.149 e. The SMILES string of the molecule is NC(CSc1nccs1)C12CC3CC(CC(C3)C1)C2. The second-order valence-electron chi connectivity index (χ2n) is 7.00. The molecule has 0 spiro atoms. The molecule has 5 rings (SSSR count). The van der Waals surface area contributed by atoms with Crippen LogP contribution < -0.4 is 5.73 Å². The Morgan fingerprint density at radius 3 is 2.42 bits per heavy atom. The topological polar surface area (TPSA) is 38.9 Å². The van der Waals surface area contributed by atoms with Gasteiger partial charge in [0.2, 0.25) is 0 Å². The molecule has 4 bridgehead atoms. The van der Waals surface area contributed by atoms with E-state index in [4.69, 9.17) is 5.73 Å². The number of nitrogens with two attached hydrogens (primary N) is 1. The van der Waals surface area contributed by atoms with Crippen molar-refractivity contribution in [3.63, 3.8) is 0 Å². The van der Waals surface area contributed by atoms with E-state index >= 15 is 0 Å². The molecule has 0 saturated heterocycles. The molecule has 1 unspecified atom stereocenters. The first-order chi connectivity index (χ1) is 9.23. The normalized spacial score (nSPS) is 41.6. The van der Waals surface area contributed by atoms with Crippen LogP contribution in [0.25, 0.3) is 0 Å². The first kappa shape index (κ1) is 12.7. The Morgan fingerprint density at radius 2 is 1.89 bits per heavy atom. The highest BCUT2D eigenvalue weighted by Crippen LogP contribution is 2.61. The van der Waals surface area contributed by atoms with Crippen molar-refractivity contribution in [1.29, 1.82) is 0 Å². The van der Waals surface area contributed by atoms with Gasteiger partial charge in [-0.25, -0.2) is 4.98 Å². The number of nitrogens with zero attached hydrogens (tertiary/aromatic N) is 1. The van der Waals surface area contributed by atoms with E-state index in [1.165, 1.54) is 42.9 Å². The molecule has 1 aromatic heterocycles. The minimum atomic E-state index is 0.370. The fourth-order valence-corrected chi connectivity index (χ4v) is 7.07. The van der Waals surface area contributed by atoms with Crippen LogP contribution in [0.3, 0.4) is 0 Å². The summed E-state index contributed by atoms with van der Waals surface area (Å²) in [5.74, 6) is 4.06. The quantitative estimate of drug-likeness (QED) is 0.859. The summed E-state index contributed by atoms with van der Waals surface area (Å²) in [5, 5.41) is 2.05. The standard InChI is InChI=1S/C15H22N2S2/c16-13(9-19-14-17-1-2-18-14)15-6-10-3-11(7-15)5-12(4-10)8-15/h1-2,10-13H,3-9,16H2. The Hall–Kier alpha value is -0.0600. The van der Waals surface area contributed by atoms with Crippen LogP contribution in [0.4, 0.5) is 0 Å². The van der Waals surface area contributed by atoms with Crippen molar-refractivity contribution >= 4 is 23.1 Å². The van der Waals surface area contributed by atoms with E-state index in [0.29, 0.717) is 11.5 Å². The molecule has 0 amide bonds. The Kier molecular flexibility index (Phi) is 3.16. The summed E-state index contributed by atoms with van der Waals surface area (Å²) in [7, 11) is 0. The summed E-state index contributed by atoms with van der Waals surface area (Å²) in [6, 6.07) is 0.370. The lowest BCUT2D eigenvalue weighted by atomic mass is 9.48. The molecule has 1 atom stereocenters. The first-order valence-electron chi connectivity index (χ1n) is 7.51. The average Bonchev–Trinajstić information content (AvgIpc) is 2.87. The van der Waals surface area contributed by atoms with Crippen molar-refractivity contribution in [2.45, 2.75) is 48.9 Å². The molecule has 2 N–H and O–H groups in total. The zero-order valence-electron chi connectivity index (χ0n) is 11.3. The van der Waals surface area contributed by atoms with Crippen LogP contribution in [0.1, 0.15) is 38.5 Å². The summed E-state index contributed by atoms with van der Waals surface area (Å²) >= 11 is 3.60. The monoisotopic (exact) mass is 294 g/mol. The predicted molar refractivity (Wildman–Crippen MR) is 81.4 cm³/mol. The summed E-state index contributed by atoms with van der Waals surface area (Å²) in [6.07, 6.45) is 10.7. The highest BCUT2D eigenvalue weighted by Gasteiger charge is 2.53. The third-order valence-corrected chi connectivity index (χ3v) is 7.75. The molecule has 104 valence electrons. The van der Waals surface area contributed by atoms with Crippen molar-refractivity contribution in [1.82, 2.24) is 4.98 Å². The third kappa shape index (κ3) is 2.26. The fraction of sp³-hybridized carbons (Fsp3) is 0.800. The van der Waals surface area contributed by atoms with Gasteiger partial charge in [-0.15, -0.1) is 11.3 Å². The minimum Gasteiger partial charge on any atom is -0.326 e. The Morgan fingerprint density at radius 1 is 1.26 bits per heavy atom. The molecule has 1 aromatic rings. The van der Waals surface area contributed by atoms with E-state index in [2.05, 4.69) is 10.4 Å². The second-order valence-corrected chi connectivity index (χ2v) is 9.16. The van der Waals surface area contributed by atoms with Crippen LogP contribution in [0.15, 0.2) is 15.9 Å². The molecular formula is C15H22N2S2. The van der Waals surface area contributed by atoms with E-state index in [-0.39, 0.29) is 0 Å². The van der Waals surface area contributed by atoms with E-state index in [1.54, 1.807) is 11.3 Å². The molecule has 0 aliphatic heterocycles. The van der Waals surface area contributed by atoms with Gasteiger partial charge in [0.15, 0.2) is 0 Å². The summed E-state index contributed by atoms with van der Waals surface area (Å²) in [6.45, 7) is 0. The average molecular weight is 294 g/mol. The first-order valence-corrected chi connectivity index (χ1v) is 9.38. The van der Waals surface area contributed by atoms with Crippen molar-refractivity contribution < 1.29 is 0 Å². The molecule has 1 heterocycles. The zero-order valence-corrected chi connectivity index (χ0v) is 12.9. The number of thiazole rings is 1. The molecule has 0 radical (unpaired) electrons. The van der Waals surface area contributed by atoms with Gasteiger partial charge >= 0.3 is 0 Å². The fourth-order valence-electron chi connectivity index (χ4n) is 5.25. The number of aromatic nitrogens is 1. The highest BCUT2D eigenvalue weighted by atomic mass is 32.2. The second kappa shape index (κ2) is 4.74. The molecule has 4 aliphatic carbocycles. The Labute approximate surface area is 123 Å². The van der Waals surface area contributed by atoms with Gasteiger partial charge in [0.25, 0.3) is 0 Å². The molecular weight excluding hydrogens is 272 g/mol. The van der Waals surface area contributed by atoms with Gasteiger partial charge in [0.05, 0.1) is 0 Å². The molecule has 4 aliphatic rings. The van der Waals surface area contributed by atoms with Gasteiger partial charge in [-0.3, -0.25) is 0 Å². The van der Waals surface area contributed by atoms with Crippen molar-refractivity contribution in [2.75, 3.05) is 5.75 Å². The van der Waals surface area contributed by atoms with Gasteiger partial charge in [-0.1, -0.05) is 11.8 Å². The number of thioether (sulfide) groups is 1. The van der Waals surface area contributed by atoms with Crippen molar-refractivity contribution in [3.8, 4) is 0 Å². The number of hydrogen-bond acceptors (Lipinski definition) is 4. The lowest BCUT2D eigenvalue weighted by Crippen LogP contribution is -2.55. The summed E-state index contributed by atoms with van der Waals surface area (Å²) in [5.41, 5.74) is 7.13. The van der Waals surface area contributed by atoms with Crippen LogP contribution >= 0.6 is 23.1 Å². The smallest absolute Gasteiger partial charge is 0.149 e. The Balaban J connectivity index is 1.45. The molecule has 4 fully saturated rings. The largest absolute Gasteiger partial charge is 0.326 e. The third-order valence-electron chi connectivity index (χ3n) is 5.67. The molecule has 2 nitrogen and oxygen atoms in total. The van der Waals surface area contributed by atoms with Gasteiger partial charge in [0.1, 0.15) is 4.34 Å². The van der Waals surface area contributed by atoms with Gasteiger partial charge in [-0.05, 0) is 61.7 Å². The maximum atomic E-state index is 6.65. The van der Waals surface area contributed by atoms with E-state index < -0.39 is 0 Å². The van der Waals surface area contributed by atoms with Gasteiger partial charge in [0, 0.05) is 23.4 Å². The van der Waals surface area contributed by atoms with Crippen LogP contribution in [0.5, 0.6) is 0 Å². The van der Waals surface area contributed by atoms with E-state index in [0.717, 1.165) is 23.5 Å². The summed E-state index contributed by atoms with van der Waals surface area (Å²) < 4.78 is 1.18. The summed E-state index contributed by atoms with van der Waals surface area (Å²) in [4.78, 5) is 4.36. The van der Waals surface area contributed by atoms with Crippen molar-refractivity contribution in [3.05, 3.63) is 11.6 Å². The van der Waals surface area contributed by atoms with Crippen LogP contribution in [0, 0.1) is 23.2 Å². The van der Waals surface area contributed by atoms with Crippen LogP contribution in [-0.2, 0) is 0 Å². The van der Waals surface area contributed by atoms with Gasteiger partial charge < -0.3 is 5.73 Å². The highest BCUT2D eigenvalue weighted by molar-refractivity contribution is 8.01.